The summed E-state index contributed by atoms with van der Waals surface area (Å²) >= 11 is 1.75. The molecule has 1 aliphatic rings. The van der Waals surface area contributed by atoms with Gasteiger partial charge in [0.1, 0.15) is 5.75 Å². The lowest BCUT2D eigenvalue weighted by atomic mass is 9.99. The van der Waals surface area contributed by atoms with Crippen LogP contribution in [0.25, 0.3) is 0 Å². The van der Waals surface area contributed by atoms with E-state index < -0.39 is 0 Å². The van der Waals surface area contributed by atoms with Gasteiger partial charge >= 0.3 is 0 Å². The van der Waals surface area contributed by atoms with Crippen LogP contribution >= 0.6 is 11.3 Å². The minimum Gasteiger partial charge on any atom is -0.493 e. The molecule has 0 radical (unpaired) electrons. The molecule has 3 heteroatoms. The zero-order valence-electron chi connectivity index (χ0n) is 10.5. The molecule has 2 heterocycles. The molecule has 2 nitrogen and oxygen atoms in total. The van der Waals surface area contributed by atoms with Gasteiger partial charge in [-0.1, -0.05) is 19.1 Å². The topological polar surface area (TPSA) is 35.2 Å². The summed E-state index contributed by atoms with van der Waals surface area (Å²) in [5, 5.41) is 2.13. The highest BCUT2D eigenvalue weighted by molar-refractivity contribution is 7.10. The van der Waals surface area contributed by atoms with Gasteiger partial charge in [-0.25, -0.2) is 0 Å². The molecule has 1 unspecified atom stereocenters. The van der Waals surface area contributed by atoms with E-state index in [2.05, 4.69) is 36.6 Å². The molecule has 0 fully saturated rings. The molecule has 1 aliphatic heterocycles. The van der Waals surface area contributed by atoms with Gasteiger partial charge in [-0.15, -0.1) is 11.3 Å². The average Bonchev–Trinajstić information content (AvgIpc) is 3.05. The van der Waals surface area contributed by atoms with Crippen LogP contribution in [-0.2, 0) is 12.8 Å². The van der Waals surface area contributed by atoms with Gasteiger partial charge in [0.25, 0.3) is 0 Å². The SMILES string of the molecule is CCc1ccsc1C(N)c1ccc2c(c1)CCO2. The highest BCUT2D eigenvalue weighted by atomic mass is 32.1. The van der Waals surface area contributed by atoms with E-state index >= 15 is 0 Å². The van der Waals surface area contributed by atoms with Crippen LogP contribution in [0.5, 0.6) is 5.75 Å². The zero-order chi connectivity index (χ0) is 12.5. The Hall–Kier alpha value is -1.32. The second-order valence-corrected chi connectivity index (χ2v) is 5.55. The van der Waals surface area contributed by atoms with Gasteiger partial charge in [-0.2, -0.15) is 0 Å². The molecule has 0 aliphatic carbocycles. The Morgan fingerprint density at radius 1 is 1.39 bits per heavy atom. The monoisotopic (exact) mass is 259 g/mol. The Kier molecular flexibility index (Phi) is 3.10. The molecule has 0 spiro atoms. The van der Waals surface area contributed by atoms with Crippen molar-refractivity contribution in [3.63, 3.8) is 0 Å². The zero-order valence-corrected chi connectivity index (χ0v) is 11.3. The maximum absolute atomic E-state index is 6.40. The average molecular weight is 259 g/mol. The molecule has 3 rings (SSSR count). The van der Waals surface area contributed by atoms with Gasteiger partial charge in [0, 0.05) is 11.3 Å². The number of rotatable bonds is 3. The molecule has 0 bridgehead atoms. The molecule has 1 aromatic heterocycles. The van der Waals surface area contributed by atoms with E-state index in [4.69, 9.17) is 10.5 Å². The molecule has 1 aromatic carbocycles. The summed E-state index contributed by atoms with van der Waals surface area (Å²) in [7, 11) is 0. The summed E-state index contributed by atoms with van der Waals surface area (Å²) in [4.78, 5) is 1.29. The normalized spacial score (nSPS) is 15.2. The predicted molar refractivity (Wildman–Crippen MR) is 75.4 cm³/mol. The van der Waals surface area contributed by atoms with Crippen LogP contribution in [0.4, 0.5) is 0 Å². The highest BCUT2D eigenvalue weighted by Gasteiger charge is 2.18. The first-order chi connectivity index (χ1) is 8.79. The maximum Gasteiger partial charge on any atom is 0.122 e. The molecule has 0 amide bonds. The van der Waals surface area contributed by atoms with Crippen molar-refractivity contribution >= 4 is 11.3 Å². The van der Waals surface area contributed by atoms with Gasteiger partial charge < -0.3 is 10.5 Å². The van der Waals surface area contributed by atoms with Crippen molar-refractivity contribution in [3.8, 4) is 5.75 Å². The largest absolute Gasteiger partial charge is 0.493 e. The van der Waals surface area contributed by atoms with Crippen molar-refractivity contribution in [1.82, 2.24) is 0 Å². The molecule has 1 atom stereocenters. The number of ether oxygens (including phenoxy) is 1. The fourth-order valence-corrected chi connectivity index (χ4v) is 3.49. The fraction of sp³-hybridized carbons (Fsp3) is 0.333. The Labute approximate surface area is 111 Å². The summed E-state index contributed by atoms with van der Waals surface area (Å²) in [6, 6.07) is 8.51. The van der Waals surface area contributed by atoms with Gasteiger partial charge in [-0.05, 0) is 40.6 Å². The molecule has 94 valence electrons. The van der Waals surface area contributed by atoms with E-state index in [1.807, 2.05) is 0 Å². The number of aryl methyl sites for hydroxylation is 1. The Balaban J connectivity index is 1.95. The Morgan fingerprint density at radius 2 is 2.28 bits per heavy atom. The summed E-state index contributed by atoms with van der Waals surface area (Å²) < 4.78 is 5.53. The summed E-state index contributed by atoms with van der Waals surface area (Å²) in [5.74, 6) is 1.02. The maximum atomic E-state index is 6.40. The van der Waals surface area contributed by atoms with E-state index in [1.54, 1.807) is 11.3 Å². The second kappa shape index (κ2) is 4.75. The number of benzene rings is 1. The smallest absolute Gasteiger partial charge is 0.122 e. The molecule has 2 aromatic rings. The summed E-state index contributed by atoms with van der Waals surface area (Å²) in [6.45, 7) is 2.97. The molecule has 0 saturated heterocycles. The standard InChI is InChI=1S/C15H17NOS/c1-2-10-6-8-18-15(10)14(16)12-3-4-13-11(9-12)5-7-17-13/h3-4,6,8-9,14H,2,5,7,16H2,1H3. The highest BCUT2D eigenvalue weighted by Crippen LogP contribution is 2.32. The summed E-state index contributed by atoms with van der Waals surface area (Å²) in [5.41, 5.74) is 10.2. The molecule has 18 heavy (non-hydrogen) atoms. The lowest BCUT2D eigenvalue weighted by Crippen LogP contribution is -2.12. The number of nitrogens with two attached hydrogens (primary N) is 1. The third-order valence-electron chi connectivity index (χ3n) is 3.52. The van der Waals surface area contributed by atoms with Gasteiger partial charge in [0.15, 0.2) is 0 Å². The van der Waals surface area contributed by atoms with Crippen LogP contribution < -0.4 is 10.5 Å². The van der Waals surface area contributed by atoms with E-state index in [1.165, 1.54) is 21.6 Å². The van der Waals surface area contributed by atoms with Crippen LogP contribution in [0.2, 0.25) is 0 Å². The molecule has 0 saturated carbocycles. The third-order valence-corrected chi connectivity index (χ3v) is 4.56. The van der Waals surface area contributed by atoms with Gasteiger partial charge in [-0.3, -0.25) is 0 Å². The Morgan fingerprint density at radius 3 is 3.11 bits per heavy atom. The quantitative estimate of drug-likeness (QED) is 0.918. The van der Waals surface area contributed by atoms with E-state index in [0.717, 1.165) is 25.2 Å². The fourth-order valence-electron chi connectivity index (χ4n) is 2.46. The number of fused-ring (bicyclic) bond motifs is 1. The van der Waals surface area contributed by atoms with Crippen molar-refractivity contribution in [2.24, 2.45) is 5.73 Å². The molecule has 2 N–H and O–H groups in total. The van der Waals surface area contributed by atoms with Crippen LogP contribution in [0.3, 0.4) is 0 Å². The van der Waals surface area contributed by atoms with Gasteiger partial charge in [0.05, 0.1) is 12.6 Å². The van der Waals surface area contributed by atoms with Crippen LogP contribution in [0, 0.1) is 0 Å². The molecular formula is C15H17NOS. The van der Waals surface area contributed by atoms with Crippen molar-refractivity contribution in [2.75, 3.05) is 6.61 Å². The van der Waals surface area contributed by atoms with Crippen LogP contribution in [0.15, 0.2) is 29.6 Å². The Bertz CT molecular complexity index is 561. The second-order valence-electron chi connectivity index (χ2n) is 4.61. The van der Waals surface area contributed by atoms with E-state index in [-0.39, 0.29) is 6.04 Å². The predicted octanol–water partition coefficient (Wildman–Crippen LogP) is 3.29. The van der Waals surface area contributed by atoms with Crippen molar-refractivity contribution in [1.29, 1.82) is 0 Å². The first-order valence-corrected chi connectivity index (χ1v) is 7.25. The minimum atomic E-state index is -0.00847. The summed E-state index contributed by atoms with van der Waals surface area (Å²) in [6.07, 6.45) is 2.04. The number of thiophene rings is 1. The number of hydrogen-bond donors (Lipinski definition) is 1. The van der Waals surface area contributed by atoms with Crippen molar-refractivity contribution in [2.45, 2.75) is 25.8 Å². The lowest BCUT2D eigenvalue weighted by Gasteiger charge is -2.13. The first-order valence-electron chi connectivity index (χ1n) is 6.37. The van der Waals surface area contributed by atoms with E-state index in [0.29, 0.717) is 0 Å². The van der Waals surface area contributed by atoms with Crippen molar-refractivity contribution in [3.05, 3.63) is 51.2 Å². The lowest BCUT2D eigenvalue weighted by molar-refractivity contribution is 0.357. The van der Waals surface area contributed by atoms with Crippen LogP contribution in [0.1, 0.15) is 34.5 Å². The van der Waals surface area contributed by atoms with Crippen molar-refractivity contribution < 1.29 is 4.74 Å². The molecular weight excluding hydrogens is 242 g/mol. The van der Waals surface area contributed by atoms with Gasteiger partial charge in [0.2, 0.25) is 0 Å². The van der Waals surface area contributed by atoms with Crippen LogP contribution in [-0.4, -0.2) is 6.61 Å². The minimum absolute atomic E-state index is 0.00847. The van der Waals surface area contributed by atoms with E-state index in [9.17, 15) is 0 Å². The number of hydrogen-bond acceptors (Lipinski definition) is 3. The first kappa shape index (κ1) is 11.8. The third kappa shape index (κ3) is 1.93.